The van der Waals surface area contributed by atoms with Crippen molar-refractivity contribution in [3.05, 3.63) is 28.7 Å². The Kier molecular flexibility index (Phi) is 5.37. The molecule has 2 amide bonds. The standard InChI is InChI=1S/C17H24BrN3O/c18-15-1-3-16(4-2-15)20-17(22)21-11-7-14(8-12-21)13-5-9-19-10-6-13/h1-4,13-14,19H,5-12H2,(H,20,22). The molecule has 1 aromatic rings. The number of carbonyl (C=O) groups excluding carboxylic acids is 1. The Morgan fingerprint density at radius 3 is 2.27 bits per heavy atom. The van der Waals surface area contributed by atoms with Crippen molar-refractivity contribution >= 4 is 27.6 Å². The number of urea groups is 1. The van der Waals surface area contributed by atoms with Crippen LogP contribution in [0.2, 0.25) is 0 Å². The monoisotopic (exact) mass is 365 g/mol. The van der Waals surface area contributed by atoms with Gasteiger partial charge in [-0.3, -0.25) is 0 Å². The highest BCUT2D eigenvalue weighted by molar-refractivity contribution is 9.10. The summed E-state index contributed by atoms with van der Waals surface area (Å²) in [6.07, 6.45) is 4.91. The molecule has 1 aromatic carbocycles. The predicted octanol–water partition coefficient (Wildman–Crippen LogP) is 3.69. The maximum atomic E-state index is 12.3. The lowest BCUT2D eigenvalue weighted by Gasteiger charge is -2.37. The summed E-state index contributed by atoms with van der Waals surface area (Å²) in [6.45, 7) is 4.10. The fourth-order valence-electron chi connectivity index (χ4n) is 3.63. The molecule has 2 heterocycles. The van der Waals surface area contributed by atoms with Gasteiger partial charge in [-0.2, -0.15) is 0 Å². The molecule has 0 spiro atoms. The SMILES string of the molecule is O=C(Nc1ccc(Br)cc1)N1CCC(C2CCNCC2)CC1. The van der Waals surface area contributed by atoms with E-state index >= 15 is 0 Å². The summed E-state index contributed by atoms with van der Waals surface area (Å²) in [7, 11) is 0. The maximum Gasteiger partial charge on any atom is 0.321 e. The van der Waals surface area contributed by atoms with E-state index in [1.165, 1.54) is 12.8 Å². The first-order valence-electron chi connectivity index (χ1n) is 8.24. The highest BCUT2D eigenvalue weighted by Crippen LogP contribution is 2.30. The number of anilines is 1. The van der Waals surface area contributed by atoms with Crippen molar-refractivity contribution in [3.63, 3.8) is 0 Å². The van der Waals surface area contributed by atoms with Crippen molar-refractivity contribution < 1.29 is 4.79 Å². The molecular formula is C17H24BrN3O. The van der Waals surface area contributed by atoms with E-state index in [2.05, 4.69) is 26.6 Å². The molecular weight excluding hydrogens is 342 g/mol. The second kappa shape index (κ2) is 7.47. The Hall–Kier alpha value is -1.07. The summed E-state index contributed by atoms with van der Waals surface area (Å²) in [5, 5.41) is 6.42. The number of likely N-dealkylation sites (tertiary alicyclic amines) is 1. The van der Waals surface area contributed by atoms with E-state index in [4.69, 9.17) is 0 Å². The van der Waals surface area contributed by atoms with Gasteiger partial charge in [0.15, 0.2) is 0 Å². The molecule has 0 radical (unpaired) electrons. The predicted molar refractivity (Wildman–Crippen MR) is 93.1 cm³/mol. The molecule has 5 heteroatoms. The average molecular weight is 366 g/mol. The van der Waals surface area contributed by atoms with Gasteiger partial charge in [0, 0.05) is 23.2 Å². The molecule has 2 fully saturated rings. The molecule has 2 saturated heterocycles. The average Bonchev–Trinajstić information content (AvgIpc) is 2.58. The first-order valence-corrected chi connectivity index (χ1v) is 9.04. The Balaban J connectivity index is 1.48. The zero-order valence-electron chi connectivity index (χ0n) is 12.9. The van der Waals surface area contributed by atoms with E-state index in [0.717, 1.165) is 61.0 Å². The van der Waals surface area contributed by atoms with E-state index < -0.39 is 0 Å². The van der Waals surface area contributed by atoms with Gasteiger partial charge >= 0.3 is 6.03 Å². The highest BCUT2D eigenvalue weighted by atomic mass is 79.9. The largest absolute Gasteiger partial charge is 0.325 e. The Morgan fingerprint density at radius 1 is 1.05 bits per heavy atom. The Morgan fingerprint density at radius 2 is 1.64 bits per heavy atom. The third-order valence-electron chi connectivity index (χ3n) is 4.97. The molecule has 0 aliphatic carbocycles. The fourth-order valence-corrected chi connectivity index (χ4v) is 3.89. The number of nitrogens with one attached hydrogen (secondary N) is 2. The summed E-state index contributed by atoms with van der Waals surface area (Å²) in [5.74, 6) is 1.66. The van der Waals surface area contributed by atoms with Crippen molar-refractivity contribution in [2.75, 3.05) is 31.5 Å². The molecule has 3 rings (SSSR count). The number of nitrogens with zero attached hydrogens (tertiary/aromatic N) is 1. The van der Waals surface area contributed by atoms with E-state index in [0.29, 0.717) is 0 Å². The van der Waals surface area contributed by atoms with Crippen molar-refractivity contribution in [2.24, 2.45) is 11.8 Å². The molecule has 0 aromatic heterocycles. The van der Waals surface area contributed by atoms with Crippen LogP contribution in [0.4, 0.5) is 10.5 Å². The van der Waals surface area contributed by atoms with Crippen LogP contribution in [-0.4, -0.2) is 37.1 Å². The molecule has 22 heavy (non-hydrogen) atoms. The van der Waals surface area contributed by atoms with Crippen LogP contribution in [-0.2, 0) is 0 Å². The topological polar surface area (TPSA) is 44.4 Å². The third-order valence-corrected chi connectivity index (χ3v) is 5.50. The number of hydrogen-bond acceptors (Lipinski definition) is 2. The number of halogens is 1. The lowest BCUT2D eigenvalue weighted by molar-refractivity contribution is 0.144. The Labute approximate surface area is 140 Å². The number of amides is 2. The van der Waals surface area contributed by atoms with Crippen LogP contribution >= 0.6 is 15.9 Å². The summed E-state index contributed by atoms with van der Waals surface area (Å²) in [5.41, 5.74) is 0.855. The molecule has 2 N–H and O–H groups in total. The van der Waals surface area contributed by atoms with Gasteiger partial charge in [0.05, 0.1) is 0 Å². The van der Waals surface area contributed by atoms with Crippen LogP contribution in [0.1, 0.15) is 25.7 Å². The molecule has 4 nitrogen and oxygen atoms in total. The summed E-state index contributed by atoms with van der Waals surface area (Å²) in [6, 6.07) is 7.76. The molecule has 0 unspecified atom stereocenters. The summed E-state index contributed by atoms with van der Waals surface area (Å²) >= 11 is 3.41. The van der Waals surface area contributed by atoms with Gasteiger partial charge in [-0.15, -0.1) is 0 Å². The number of piperidine rings is 2. The van der Waals surface area contributed by atoms with Gasteiger partial charge < -0.3 is 15.5 Å². The van der Waals surface area contributed by atoms with Gasteiger partial charge in [0.2, 0.25) is 0 Å². The molecule has 0 saturated carbocycles. The van der Waals surface area contributed by atoms with E-state index in [1.807, 2.05) is 29.2 Å². The van der Waals surface area contributed by atoms with Crippen molar-refractivity contribution in [1.82, 2.24) is 10.2 Å². The lowest BCUT2D eigenvalue weighted by atomic mass is 9.79. The molecule has 2 aliphatic heterocycles. The number of rotatable bonds is 2. The summed E-state index contributed by atoms with van der Waals surface area (Å²) < 4.78 is 1.02. The first-order chi connectivity index (χ1) is 10.7. The van der Waals surface area contributed by atoms with E-state index in [9.17, 15) is 4.79 Å². The minimum absolute atomic E-state index is 0.0334. The zero-order valence-corrected chi connectivity index (χ0v) is 14.4. The van der Waals surface area contributed by atoms with Crippen molar-refractivity contribution in [1.29, 1.82) is 0 Å². The smallest absolute Gasteiger partial charge is 0.321 e. The lowest BCUT2D eigenvalue weighted by Crippen LogP contribution is -2.43. The van der Waals surface area contributed by atoms with Crippen LogP contribution in [0.5, 0.6) is 0 Å². The van der Waals surface area contributed by atoms with Crippen LogP contribution in [0, 0.1) is 11.8 Å². The second-order valence-corrected chi connectivity index (χ2v) is 7.26. The van der Waals surface area contributed by atoms with Gasteiger partial charge in [-0.05, 0) is 74.9 Å². The normalized spacial score (nSPS) is 20.9. The molecule has 120 valence electrons. The number of hydrogen-bond donors (Lipinski definition) is 2. The molecule has 0 atom stereocenters. The fraction of sp³-hybridized carbons (Fsp3) is 0.588. The van der Waals surface area contributed by atoms with Gasteiger partial charge in [-0.1, -0.05) is 15.9 Å². The summed E-state index contributed by atoms with van der Waals surface area (Å²) in [4.78, 5) is 14.3. The van der Waals surface area contributed by atoms with Gasteiger partial charge in [0.1, 0.15) is 0 Å². The van der Waals surface area contributed by atoms with Crippen LogP contribution < -0.4 is 10.6 Å². The molecule has 0 bridgehead atoms. The van der Waals surface area contributed by atoms with Crippen molar-refractivity contribution in [3.8, 4) is 0 Å². The van der Waals surface area contributed by atoms with Gasteiger partial charge in [0.25, 0.3) is 0 Å². The first kappa shape index (κ1) is 15.8. The maximum absolute atomic E-state index is 12.3. The van der Waals surface area contributed by atoms with Gasteiger partial charge in [-0.25, -0.2) is 4.79 Å². The third kappa shape index (κ3) is 4.02. The molecule has 2 aliphatic rings. The highest BCUT2D eigenvalue weighted by Gasteiger charge is 2.29. The van der Waals surface area contributed by atoms with Crippen molar-refractivity contribution in [2.45, 2.75) is 25.7 Å². The van der Waals surface area contributed by atoms with Crippen LogP contribution in [0.3, 0.4) is 0 Å². The van der Waals surface area contributed by atoms with Crippen LogP contribution in [0.15, 0.2) is 28.7 Å². The minimum atomic E-state index is 0.0334. The van der Waals surface area contributed by atoms with E-state index in [-0.39, 0.29) is 6.03 Å². The Bertz CT molecular complexity index is 491. The second-order valence-electron chi connectivity index (χ2n) is 6.35. The van der Waals surface area contributed by atoms with Crippen LogP contribution in [0.25, 0.3) is 0 Å². The minimum Gasteiger partial charge on any atom is -0.325 e. The number of carbonyl (C=O) groups is 1. The zero-order chi connectivity index (χ0) is 15.4. The van der Waals surface area contributed by atoms with E-state index in [1.54, 1.807) is 0 Å². The quantitative estimate of drug-likeness (QED) is 0.839. The number of benzene rings is 1.